The van der Waals surface area contributed by atoms with Crippen LogP contribution in [0.5, 0.6) is 5.75 Å². The zero-order chi connectivity index (χ0) is 19.4. The molecule has 2 aromatic carbocycles. The summed E-state index contributed by atoms with van der Waals surface area (Å²) in [6.45, 7) is 0.480. The molecule has 27 heavy (non-hydrogen) atoms. The molecule has 0 radical (unpaired) electrons. The van der Waals surface area contributed by atoms with E-state index < -0.39 is 11.8 Å². The van der Waals surface area contributed by atoms with Gasteiger partial charge >= 0.3 is 0 Å². The SMILES string of the molecule is COc1cccc(CCNC(=O)CCN2C(=O)c3cccc(Cl)c3C2=O)c1. The summed E-state index contributed by atoms with van der Waals surface area (Å²) >= 11 is 6.02. The second-order valence-electron chi connectivity index (χ2n) is 6.13. The molecule has 140 valence electrons. The van der Waals surface area contributed by atoms with Gasteiger partial charge in [-0.05, 0) is 36.2 Å². The number of hydrogen-bond acceptors (Lipinski definition) is 4. The molecule has 7 heteroatoms. The van der Waals surface area contributed by atoms with Gasteiger partial charge in [0.05, 0.1) is 23.3 Å². The first-order chi connectivity index (χ1) is 13.0. The van der Waals surface area contributed by atoms with Crippen LogP contribution in [0.2, 0.25) is 5.02 Å². The van der Waals surface area contributed by atoms with Crippen molar-refractivity contribution in [3.63, 3.8) is 0 Å². The second-order valence-corrected chi connectivity index (χ2v) is 6.53. The number of nitrogens with zero attached hydrogens (tertiary/aromatic N) is 1. The van der Waals surface area contributed by atoms with Crippen molar-refractivity contribution >= 4 is 29.3 Å². The fourth-order valence-electron chi connectivity index (χ4n) is 2.97. The Morgan fingerprint density at radius 1 is 1.15 bits per heavy atom. The van der Waals surface area contributed by atoms with Crippen LogP contribution >= 0.6 is 11.6 Å². The fourth-order valence-corrected chi connectivity index (χ4v) is 3.23. The van der Waals surface area contributed by atoms with Crippen LogP contribution in [-0.4, -0.2) is 42.8 Å². The molecule has 0 spiro atoms. The highest BCUT2D eigenvalue weighted by Gasteiger charge is 2.36. The van der Waals surface area contributed by atoms with Gasteiger partial charge in [0.1, 0.15) is 5.75 Å². The molecule has 3 amide bonds. The third-order valence-corrected chi connectivity index (χ3v) is 4.70. The van der Waals surface area contributed by atoms with E-state index in [0.29, 0.717) is 13.0 Å². The number of carbonyl (C=O) groups is 3. The van der Waals surface area contributed by atoms with Crippen molar-refractivity contribution in [1.82, 2.24) is 10.2 Å². The molecule has 3 rings (SSSR count). The molecule has 6 nitrogen and oxygen atoms in total. The van der Waals surface area contributed by atoms with Crippen molar-refractivity contribution in [3.05, 3.63) is 64.2 Å². The maximum atomic E-state index is 12.4. The van der Waals surface area contributed by atoms with Crippen molar-refractivity contribution < 1.29 is 19.1 Å². The van der Waals surface area contributed by atoms with E-state index in [-0.39, 0.29) is 35.0 Å². The van der Waals surface area contributed by atoms with Gasteiger partial charge in [-0.3, -0.25) is 19.3 Å². The Morgan fingerprint density at radius 2 is 1.93 bits per heavy atom. The number of hydrogen-bond donors (Lipinski definition) is 1. The first-order valence-corrected chi connectivity index (χ1v) is 8.93. The van der Waals surface area contributed by atoms with Crippen LogP contribution in [0.25, 0.3) is 0 Å². The summed E-state index contributed by atoms with van der Waals surface area (Å²) in [7, 11) is 1.60. The number of halogens is 1. The molecule has 0 aliphatic carbocycles. The Bertz CT molecular complexity index is 897. The minimum atomic E-state index is -0.454. The minimum absolute atomic E-state index is 0.0215. The Balaban J connectivity index is 1.49. The second kappa shape index (κ2) is 8.22. The Labute approximate surface area is 162 Å². The molecule has 1 aliphatic heterocycles. The van der Waals surface area contributed by atoms with E-state index in [1.54, 1.807) is 25.3 Å². The third-order valence-electron chi connectivity index (χ3n) is 4.38. The number of nitrogens with one attached hydrogen (secondary N) is 1. The van der Waals surface area contributed by atoms with Gasteiger partial charge in [0, 0.05) is 19.5 Å². The van der Waals surface area contributed by atoms with Gasteiger partial charge < -0.3 is 10.1 Å². The molecule has 0 fully saturated rings. The van der Waals surface area contributed by atoms with Crippen LogP contribution in [0, 0.1) is 0 Å². The lowest BCUT2D eigenvalue weighted by Crippen LogP contribution is -2.35. The first kappa shape index (κ1) is 18.9. The predicted octanol–water partition coefficient (Wildman–Crippen LogP) is 2.69. The highest BCUT2D eigenvalue weighted by atomic mass is 35.5. The van der Waals surface area contributed by atoms with Crippen molar-refractivity contribution in [2.45, 2.75) is 12.8 Å². The van der Waals surface area contributed by atoms with E-state index in [9.17, 15) is 14.4 Å². The number of imide groups is 1. The normalized spacial score (nSPS) is 12.9. The lowest BCUT2D eigenvalue weighted by molar-refractivity contribution is -0.121. The largest absolute Gasteiger partial charge is 0.497 e. The Kier molecular flexibility index (Phi) is 5.76. The number of benzene rings is 2. The van der Waals surface area contributed by atoms with Crippen LogP contribution < -0.4 is 10.1 Å². The van der Waals surface area contributed by atoms with Crippen LogP contribution in [0.1, 0.15) is 32.7 Å². The number of ether oxygens (including phenoxy) is 1. The quantitative estimate of drug-likeness (QED) is 0.742. The number of carbonyl (C=O) groups excluding carboxylic acids is 3. The number of methoxy groups -OCH3 is 1. The van der Waals surface area contributed by atoms with E-state index in [1.165, 1.54) is 0 Å². The number of amides is 3. The first-order valence-electron chi connectivity index (χ1n) is 8.55. The highest BCUT2D eigenvalue weighted by molar-refractivity contribution is 6.37. The van der Waals surface area contributed by atoms with Gasteiger partial charge in [0.25, 0.3) is 11.8 Å². The van der Waals surface area contributed by atoms with Crippen molar-refractivity contribution in [3.8, 4) is 5.75 Å². The molecule has 0 saturated heterocycles. The monoisotopic (exact) mass is 386 g/mol. The number of rotatable bonds is 7. The van der Waals surface area contributed by atoms with Crippen LogP contribution in [0.15, 0.2) is 42.5 Å². The van der Waals surface area contributed by atoms with Gasteiger partial charge in [-0.1, -0.05) is 29.8 Å². The van der Waals surface area contributed by atoms with Crippen molar-refractivity contribution in [2.75, 3.05) is 20.2 Å². The lowest BCUT2D eigenvalue weighted by Gasteiger charge is -2.13. The smallest absolute Gasteiger partial charge is 0.263 e. The summed E-state index contributed by atoms with van der Waals surface area (Å²) < 4.78 is 5.17. The molecular weight excluding hydrogens is 368 g/mol. The molecule has 1 N–H and O–H groups in total. The lowest BCUT2D eigenvalue weighted by atomic mass is 10.1. The van der Waals surface area contributed by atoms with Crippen molar-refractivity contribution in [1.29, 1.82) is 0 Å². The molecule has 0 saturated carbocycles. The van der Waals surface area contributed by atoms with E-state index in [2.05, 4.69) is 5.32 Å². The summed E-state index contributed by atoms with van der Waals surface area (Å²) in [6.07, 6.45) is 0.701. The summed E-state index contributed by atoms with van der Waals surface area (Å²) in [5.74, 6) is -0.324. The maximum absolute atomic E-state index is 12.4. The van der Waals surface area contributed by atoms with E-state index in [4.69, 9.17) is 16.3 Å². The molecular formula is C20H19ClN2O4. The summed E-state index contributed by atoms with van der Waals surface area (Å²) in [5.41, 5.74) is 1.54. The molecule has 0 atom stereocenters. The molecule has 2 aromatic rings. The molecule has 0 aromatic heterocycles. The minimum Gasteiger partial charge on any atom is -0.497 e. The summed E-state index contributed by atoms with van der Waals surface area (Å²) in [6, 6.07) is 12.4. The third kappa shape index (κ3) is 4.11. The van der Waals surface area contributed by atoms with Gasteiger partial charge in [-0.2, -0.15) is 0 Å². The van der Waals surface area contributed by atoms with E-state index in [1.807, 2.05) is 24.3 Å². The average Bonchev–Trinajstić information content (AvgIpc) is 2.91. The maximum Gasteiger partial charge on any atom is 0.263 e. The van der Waals surface area contributed by atoms with E-state index in [0.717, 1.165) is 16.2 Å². The van der Waals surface area contributed by atoms with Crippen LogP contribution in [-0.2, 0) is 11.2 Å². The molecule has 0 unspecified atom stereocenters. The van der Waals surface area contributed by atoms with Gasteiger partial charge in [0.2, 0.25) is 5.91 Å². The van der Waals surface area contributed by atoms with Crippen LogP contribution in [0.3, 0.4) is 0 Å². The van der Waals surface area contributed by atoms with Crippen molar-refractivity contribution in [2.24, 2.45) is 0 Å². The zero-order valence-electron chi connectivity index (χ0n) is 14.8. The van der Waals surface area contributed by atoms with Gasteiger partial charge in [0.15, 0.2) is 0 Å². The topological polar surface area (TPSA) is 75.7 Å². The van der Waals surface area contributed by atoms with Gasteiger partial charge in [-0.15, -0.1) is 0 Å². The Morgan fingerprint density at radius 3 is 2.67 bits per heavy atom. The van der Waals surface area contributed by atoms with Crippen LogP contribution in [0.4, 0.5) is 0 Å². The van der Waals surface area contributed by atoms with E-state index >= 15 is 0 Å². The van der Waals surface area contributed by atoms with Gasteiger partial charge in [-0.25, -0.2) is 0 Å². The zero-order valence-corrected chi connectivity index (χ0v) is 15.6. The Hall–Kier alpha value is -2.86. The number of fused-ring (bicyclic) bond motifs is 1. The highest BCUT2D eigenvalue weighted by Crippen LogP contribution is 2.29. The average molecular weight is 387 g/mol. The fraction of sp³-hybridized carbons (Fsp3) is 0.250. The summed E-state index contributed by atoms with van der Waals surface area (Å²) in [5, 5.41) is 3.05. The standard InChI is InChI=1S/C20H19ClN2O4/c1-27-14-5-2-4-13(12-14)8-10-22-17(24)9-11-23-19(25)15-6-3-7-16(21)18(15)20(23)26/h2-7,12H,8-11H2,1H3,(H,22,24). The predicted molar refractivity (Wildman–Crippen MR) is 101 cm³/mol. The molecule has 1 heterocycles. The molecule has 1 aliphatic rings. The summed E-state index contributed by atoms with van der Waals surface area (Å²) in [4.78, 5) is 37.8. The molecule has 0 bridgehead atoms.